The van der Waals surface area contributed by atoms with E-state index in [2.05, 4.69) is 16.4 Å². The minimum atomic E-state index is -0.876. The highest BCUT2D eigenvalue weighted by molar-refractivity contribution is 7.83. The summed E-state index contributed by atoms with van der Waals surface area (Å²) in [6.45, 7) is 0. The number of aryl methyl sites for hydroxylation is 2. The number of pyridine rings is 1. The number of nitrogens with one attached hydrogen (secondary N) is 1. The molecule has 1 atom stereocenters. The van der Waals surface area contributed by atoms with E-state index in [1.165, 1.54) is 23.3 Å². The van der Waals surface area contributed by atoms with Crippen LogP contribution in [0, 0.1) is 0 Å². The molecule has 1 N–H and O–H groups in total. The first-order valence-electron chi connectivity index (χ1n) is 10.1. The van der Waals surface area contributed by atoms with Crippen LogP contribution in [0.2, 0.25) is 0 Å². The number of nitrogens with zero attached hydrogens (tertiary/aromatic N) is 3. The zero-order chi connectivity index (χ0) is 20.5. The molecular formula is C23H22N4OS2. The van der Waals surface area contributed by atoms with Gasteiger partial charge in [0.15, 0.2) is 5.82 Å². The van der Waals surface area contributed by atoms with E-state index in [0.717, 1.165) is 45.7 Å². The average Bonchev–Trinajstić information content (AvgIpc) is 3.13. The highest BCUT2D eigenvalue weighted by Crippen LogP contribution is 2.40. The largest absolute Gasteiger partial charge is 0.340 e. The summed E-state index contributed by atoms with van der Waals surface area (Å²) < 4.78 is 11.7. The van der Waals surface area contributed by atoms with Gasteiger partial charge in [-0.2, -0.15) is 0 Å². The van der Waals surface area contributed by atoms with Crippen molar-refractivity contribution in [3.05, 3.63) is 64.8 Å². The molecule has 3 aromatic heterocycles. The Morgan fingerprint density at radius 1 is 1.13 bits per heavy atom. The molecule has 5 rings (SSSR count). The Morgan fingerprint density at radius 3 is 2.87 bits per heavy atom. The molecule has 1 aliphatic carbocycles. The molecule has 0 bridgehead atoms. The first-order valence-corrected chi connectivity index (χ1v) is 12.6. The van der Waals surface area contributed by atoms with Crippen molar-refractivity contribution >= 4 is 43.9 Å². The highest BCUT2D eigenvalue weighted by Gasteiger charge is 2.21. The molecule has 30 heavy (non-hydrogen) atoms. The molecule has 1 unspecified atom stereocenters. The van der Waals surface area contributed by atoms with Gasteiger partial charge in [-0.25, -0.2) is 9.97 Å². The number of hydrogen-bond acceptors (Lipinski definition) is 6. The van der Waals surface area contributed by atoms with E-state index in [-0.39, 0.29) is 0 Å². The van der Waals surface area contributed by atoms with Crippen LogP contribution in [0.4, 0.5) is 11.5 Å². The number of thiophene rings is 1. The lowest BCUT2D eigenvalue weighted by molar-refractivity contribution is 0.686. The van der Waals surface area contributed by atoms with Gasteiger partial charge in [0, 0.05) is 51.3 Å². The van der Waals surface area contributed by atoms with Crippen molar-refractivity contribution in [2.75, 3.05) is 11.6 Å². The van der Waals surface area contributed by atoms with E-state index in [4.69, 9.17) is 9.97 Å². The third kappa shape index (κ3) is 3.87. The van der Waals surface area contributed by atoms with E-state index in [9.17, 15) is 4.21 Å². The maximum absolute atomic E-state index is 11.7. The second-order valence-electron chi connectivity index (χ2n) is 7.57. The smallest absolute Gasteiger partial charge is 0.164 e. The van der Waals surface area contributed by atoms with Gasteiger partial charge in [0.25, 0.3) is 0 Å². The Labute approximate surface area is 182 Å². The van der Waals surface area contributed by atoms with Gasteiger partial charge in [-0.05, 0) is 61.1 Å². The molecule has 0 saturated carbocycles. The van der Waals surface area contributed by atoms with E-state index >= 15 is 0 Å². The third-order valence-corrected chi connectivity index (χ3v) is 7.22. The molecule has 152 valence electrons. The molecule has 5 nitrogen and oxygen atoms in total. The van der Waals surface area contributed by atoms with Gasteiger partial charge in [-0.1, -0.05) is 12.1 Å². The van der Waals surface area contributed by atoms with Crippen molar-refractivity contribution < 1.29 is 4.21 Å². The maximum Gasteiger partial charge on any atom is 0.164 e. The molecular weight excluding hydrogens is 412 g/mol. The third-order valence-electron chi connectivity index (χ3n) is 5.29. The van der Waals surface area contributed by atoms with Gasteiger partial charge < -0.3 is 5.32 Å². The zero-order valence-electron chi connectivity index (χ0n) is 16.7. The Balaban J connectivity index is 1.63. The molecule has 1 aliphatic rings. The van der Waals surface area contributed by atoms with Crippen LogP contribution in [0.3, 0.4) is 0 Å². The molecule has 0 amide bonds. The second-order valence-corrected chi connectivity index (χ2v) is 10.1. The number of hydrogen-bond donors (Lipinski definition) is 1. The number of aromatic nitrogens is 3. The molecule has 3 heterocycles. The summed E-state index contributed by atoms with van der Waals surface area (Å²) in [5.74, 6) is 2.07. The summed E-state index contributed by atoms with van der Waals surface area (Å²) in [5.41, 5.74) is 4.30. The van der Waals surface area contributed by atoms with Crippen LogP contribution in [0.15, 0.2) is 48.8 Å². The van der Waals surface area contributed by atoms with Crippen LogP contribution in [-0.2, 0) is 29.4 Å². The first kappa shape index (κ1) is 19.3. The fraction of sp³-hybridized carbons (Fsp3) is 0.261. The van der Waals surface area contributed by atoms with Crippen molar-refractivity contribution in [2.24, 2.45) is 0 Å². The van der Waals surface area contributed by atoms with Crippen molar-refractivity contribution in [1.29, 1.82) is 0 Å². The molecule has 7 heteroatoms. The van der Waals surface area contributed by atoms with Crippen LogP contribution in [0.25, 0.3) is 21.6 Å². The molecule has 0 saturated heterocycles. The summed E-state index contributed by atoms with van der Waals surface area (Å²) in [7, 11) is -0.876. The van der Waals surface area contributed by atoms with E-state index < -0.39 is 10.8 Å². The Kier molecular flexibility index (Phi) is 5.31. The number of fused-ring (bicyclic) bond motifs is 3. The molecule has 1 aromatic carbocycles. The van der Waals surface area contributed by atoms with Crippen molar-refractivity contribution in [1.82, 2.24) is 15.0 Å². The number of rotatable bonds is 5. The van der Waals surface area contributed by atoms with E-state index in [1.54, 1.807) is 30.0 Å². The lowest BCUT2D eigenvalue weighted by atomic mass is 9.97. The second kappa shape index (κ2) is 8.24. The summed E-state index contributed by atoms with van der Waals surface area (Å²) >= 11 is 1.79. The molecule has 0 fully saturated rings. The predicted octanol–water partition coefficient (Wildman–Crippen LogP) is 5.25. The minimum Gasteiger partial charge on any atom is -0.340 e. The molecule has 0 spiro atoms. The topological polar surface area (TPSA) is 67.8 Å². The van der Waals surface area contributed by atoms with E-state index in [0.29, 0.717) is 11.6 Å². The van der Waals surface area contributed by atoms with Gasteiger partial charge in [0.1, 0.15) is 10.6 Å². The summed E-state index contributed by atoms with van der Waals surface area (Å²) in [6, 6.07) is 12.0. The number of benzene rings is 1. The summed E-state index contributed by atoms with van der Waals surface area (Å²) in [4.78, 5) is 16.5. The quantitative estimate of drug-likeness (QED) is 0.464. The normalized spacial score (nSPS) is 14.4. The number of anilines is 2. The standard InChI is InChI=1S/C23H22N4OS2/c1-30(28)14-15-6-4-8-17(12-15)25-22-20-18-9-2-3-10-19(18)29-23(20)27-21(26-22)16-7-5-11-24-13-16/h4-8,11-13H,2-3,9-10,14H2,1H3,(H,25,26,27). The van der Waals surface area contributed by atoms with Crippen LogP contribution in [-0.4, -0.2) is 25.4 Å². The van der Waals surface area contributed by atoms with Crippen LogP contribution < -0.4 is 5.32 Å². The zero-order valence-corrected chi connectivity index (χ0v) is 18.4. The molecule has 0 radical (unpaired) electrons. The lowest BCUT2D eigenvalue weighted by Crippen LogP contribution is -2.03. The Bertz CT molecular complexity index is 1240. The Morgan fingerprint density at radius 2 is 2.03 bits per heavy atom. The highest BCUT2D eigenvalue weighted by atomic mass is 32.2. The predicted molar refractivity (Wildman–Crippen MR) is 125 cm³/mol. The van der Waals surface area contributed by atoms with Gasteiger partial charge in [0.2, 0.25) is 0 Å². The van der Waals surface area contributed by atoms with Crippen molar-refractivity contribution in [3.63, 3.8) is 0 Å². The van der Waals surface area contributed by atoms with Gasteiger partial charge in [-0.3, -0.25) is 9.19 Å². The lowest BCUT2D eigenvalue weighted by Gasteiger charge is -2.14. The molecule has 4 aromatic rings. The maximum atomic E-state index is 11.7. The van der Waals surface area contributed by atoms with Gasteiger partial charge in [-0.15, -0.1) is 11.3 Å². The monoisotopic (exact) mass is 434 g/mol. The fourth-order valence-corrected chi connectivity index (χ4v) is 5.89. The van der Waals surface area contributed by atoms with Crippen LogP contribution >= 0.6 is 11.3 Å². The van der Waals surface area contributed by atoms with Gasteiger partial charge in [0.05, 0.1) is 5.39 Å². The SMILES string of the molecule is CS(=O)Cc1cccc(Nc2nc(-c3cccnc3)nc3sc4c(c23)CCCC4)c1. The van der Waals surface area contributed by atoms with Crippen LogP contribution in [0.1, 0.15) is 28.8 Å². The van der Waals surface area contributed by atoms with E-state index in [1.807, 2.05) is 30.3 Å². The molecule has 0 aliphatic heterocycles. The minimum absolute atomic E-state index is 0.545. The van der Waals surface area contributed by atoms with Gasteiger partial charge >= 0.3 is 0 Å². The Hall–Kier alpha value is -2.64. The van der Waals surface area contributed by atoms with Crippen molar-refractivity contribution in [3.8, 4) is 11.4 Å². The van der Waals surface area contributed by atoms with Crippen molar-refractivity contribution in [2.45, 2.75) is 31.4 Å². The fourth-order valence-electron chi connectivity index (χ4n) is 3.98. The summed E-state index contributed by atoms with van der Waals surface area (Å²) in [5, 5.41) is 4.69. The first-order chi connectivity index (χ1) is 14.7. The average molecular weight is 435 g/mol. The summed E-state index contributed by atoms with van der Waals surface area (Å²) in [6.07, 6.45) is 9.93. The van der Waals surface area contributed by atoms with Crippen LogP contribution in [0.5, 0.6) is 0 Å².